The van der Waals surface area contributed by atoms with Crippen molar-refractivity contribution in [1.82, 2.24) is 0 Å². The number of aryl methyl sites for hydroxylation is 1. The lowest BCUT2D eigenvalue weighted by Crippen LogP contribution is -1.96. The van der Waals surface area contributed by atoms with Crippen LogP contribution >= 0.6 is 23.3 Å². The van der Waals surface area contributed by atoms with Gasteiger partial charge in [0.2, 0.25) is 0 Å². The number of nitriles is 1. The first kappa shape index (κ1) is 11.4. The van der Waals surface area contributed by atoms with Crippen LogP contribution in [-0.2, 0) is 9.05 Å². The average molecular weight is 248 g/mol. The van der Waals surface area contributed by atoms with E-state index in [-0.39, 0.29) is 15.4 Å². The van der Waals surface area contributed by atoms with E-state index in [9.17, 15) is 8.42 Å². The van der Waals surface area contributed by atoms with Gasteiger partial charge in [-0.25, -0.2) is 8.42 Å². The fourth-order valence-corrected chi connectivity index (χ4v) is 2.75. The van der Waals surface area contributed by atoms with Crippen LogP contribution in [0.3, 0.4) is 0 Å². The molecule has 1 aromatic carbocycles. The lowest BCUT2D eigenvalue weighted by molar-refractivity contribution is 0.607. The maximum atomic E-state index is 11.1. The summed E-state index contributed by atoms with van der Waals surface area (Å²) in [6, 6.07) is 4.78. The Balaban J connectivity index is 3.64. The Bertz CT molecular complexity index is 517. The number of hydrogen-bond donors (Lipinski definition) is 1. The molecule has 14 heavy (non-hydrogen) atoms. The van der Waals surface area contributed by atoms with E-state index >= 15 is 0 Å². The SMILES string of the molecule is Cc1cc(C#N)c(S)c(S(=O)(=O)Cl)c1. The maximum Gasteiger partial charge on any atom is 0.262 e. The number of nitrogens with zero attached hydrogens (tertiary/aromatic N) is 1. The van der Waals surface area contributed by atoms with Gasteiger partial charge < -0.3 is 0 Å². The molecule has 0 fully saturated rings. The Hall–Kier alpha value is -0.700. The van der Waals surface area contributed by atoms with E-state index < -0.39 is 9.05 Å². The molecule has 0 aliphatic rings. The molecule has 0 radical (unpaired) electrons. The molecule has 0 aromatic heterocycles. The highest BCUT2D eigenvalue weighted by Gasteiger charge is 2.17. The number of halogens is 1. The monoisotopic (exact) mass is 247 g/mol. The van der Waals surface area contributed by atoms with Crippen molar-refractivity contribution in [2.45, 2.75) is 16.7 Å². The van der Waals surface area contributed by atoms with Gasteiger partial charge >= 0.3 is 0 Å². The third kappa shape index (κ3) is 2.21. The zero-order chi connectivity index (χ0) is 10.9. The van der Waals surface area contributed by atoms with Crippen molar-refractivity contribution in [1.29, 1.82) is 5.26 Å². The standard InChI is InChI=1S/C8H6ClNO2S2/c1-5-2-6(4-10)8(13)7(3-5)14(9,11)12/h2-3,13H,1H3. The number of benzene rings is 1. The highest BCUT2D eigenvalue weighted by Crippen LogP contribution is 2.27. The molecule has 0 N–H and O–H groups in total. The molecule has 0 heterocycles. The third-order valence-corrected chi connectivity index (χ3v) is 3.58. The maximum absolute atomic E-state index is 11.1. The van der Waals surface area contributed by atoms with E-state index in [1.54, 1.807) is 13.0 Å². The summed E-state index contributed by atoms with van der Waals surface area (Å²) in [5.41, 5.74) is 0.853. The molecule has 1 rings (SSSR count). The molecule has 0 saturated carbocycles. The van der Waals surface area contributed by atoms with Crippen LogP contribution < -0.4 is 0 Å². The molecule has 0 aliphatic heterocycles. The van der Waals surface area contributed by atoms with Crippen LogP contribution in [0.15, 0.2) is 21.9 Å². The second-order valence-corrected chi connectivity index (χ2v) is 5.69. The summed E-state index contributed by atoms with van der Waals surface area (Å²) in [6.45, 7) is 1.68. The number of hydrogen-bond acceptors (Lipinski definition) is 4. The molecule has 6 heteroatoms. The third-order valence-electron chi connectivity index (χ3n) is 1.60. The second kappa shape index (κ2) is 3.81. The fourth-order valence-electron chi connectivity index (χ4n) is 1.02. The van der Waals surface area contributed by atoms with Crippen molar-refractivity contribution in [2.75, 3.05) is 0 Å². The topological polar surface area (TPSA) is 57.9 Å². The summed E-state index contributed by atoms with van der Waals surface area (Å²) in [4.78, 5) is -0.0350. The number of rotatable bonds is 1. The van der Waals surface area contributed by atoms with Gasteiger partial charge in [-0.3, -0.25) is 0 Å². The Morgan fingerprint density at radius 1 is 1.50 bits per heavy atom. The van der Waals surface area contributed by atoms with Gasteiger partial charge in [0.15, 0.2) is 0 Å². The molecule has 74 valence electrons. The smallest absolute Gasteiger partial charge is 0.207 e. The molecule has 0 bridgehead atoms. The van der Waals surface area contributed by atoms with E-state index in [0.29, 0.717) is 5.56 Å². The van der Waals surface area contributed by atoms with Gasteiger partial charge in [-0.1, -0.05) is 0 Å². The van der Waals surface area contributed by atoms with Crippen molar-refractivity contribution in [3.63, 3.8) is 0 Å². The van der Waals surface area contributed by atoms with Gasteiger partial charge in [-0.15, -0.1) is 12.6 Å². The summed E-state index contributed by atoms with van der Waals surface area (Å²) >= 11 is 3.95. The quantitative estimate of drug-likeness (QED) is 0.611. The summed E-state index contributed by atoms with van der Waals surface area (Å²) in [5.74, 6) is 0. The largest absolute Gasteiger partial charge is 0.262 e. The first-order valence-electron chi connectivity index (χ1n) is 3.54. The molecule has 0 saturated heterocycles. The van der Waals surface area contributed by atoms with E-state index in [2.05, 4.69) is 12.6 Å². The van der Waals surface area contributed by atoms with Crippen LogP contribution in [0.5, 0.6) is 0 Å². The summed E-state index contributed by atoms with van der Waals surface area (Å²) in [7, 11) is 1.33. The minimum absolute atomic E-state index is 0.0908. The summed E-state index contributed by atoms with van der Waals surface area (Å²) in [6.07, 6.45) is 0. The van der Waals surface area contributed by atoms with Crippen molar-refractivity contribution >= 4 is 32.4 Å². The van der Waals surface area contributed by atoms with Gasteiger partial charge in [-0.2, -0.15) is 5.26 Å². The molecule has 0 aliphatic carbocycles. The molecule has 0 unspecified atom stereocenters. The van der Waals surface area contributed by atoms with E-state index in [1.165, 1.54) is 6.07 Å². The van der Waals surface area contributed by atoms with Gasteiger partial charge in [0.05, 0.1) is 10.5 Å². The van der Waals surface area contributed by atoms with Crippen molar-refractivity contribution in [2.24, 2.45) is 0 Å². The zero-order valence-corrected chi connectivity index (χ0v) is 9.62. The molecule has 1 aromatic rings. The van der Waals surface area contributed by atoms with Crippen molar-refractivity contribution < 1.29 is 8.42 Å². The highest BCUT2D eigenvalue weighted by molar-refractivity contribution is 8.14. The van der Waals surface area contributed by atoms with Crippen molar-refractivity contribution in [3.05, 3.63) is 23.3 Å². The molecule has 0 amide bonds. The van der Waals surface area contributed by atoms with Gasteiger partial charge in [0.25, 0.3) is 9.05 Å². The van der Waals surface area contributed by atoms with Crippen molar-refractivity contribution in [3.8, 4) is 6.07 Å². The minimum Gasteiger partial charge on any atom is -0.207 e. The Morgan fingerprint density at radius 3 is 2.50 bits per heavy atom. The Kier molecular flexibility index (Phi) is 3.10. The average Bonchev–Trinajstić information content (AvgIpc) is 2.06. The summed E-state index contributed by atoms with van der Waals surface area (Å²) < 4.78 is 22.2. The van der Waals surface area contributed by atoms with E-state index in [1.807, 2.05) is 6.07 Å². The van der Waals surface area contributed by atoms with E-state index in [4.69, 9.17) is 15.9 Å². The number of thiol groups is 1. The van der Waals surface area contributed by atoms with Crippen LogP contribution in [-0.4, -0.2) is 8.42 Å². The zero-order valence-electron chi connectivity index (χ0n) is 7.15. The fraction of sp³-hybridized carbons (Fsp3) is 0.125. The van der Waals surface area contributed by atoms with Gasteiger partial charge in [0, 0.05) is 15.6 Å². The van der Waals surface area contributed by atoms with Gasteiger partial charge in [0.1, 0.15) is 6.07 Å². The molecule has 0 atom stereocenters. The predicted octanol–water partition coefficient (Wildman–Crippen LogP) is 2.08. The predicted molar refractivity (Wildman–Crippen MR) is 56.2 cm³/mol. The molecular formula is C8H6ClNO2S2. The van der Waals surface area contributed by atoms with E-state index in [0.717, 1.165) is 0 Å². The van der Waals surface area contributed by atoms with Crippen LogP contribution in [0.25, 0.3) is 0 Å². The van der Waals surface area contributed by atoms with Crippen LogP contribution in [0.4, 0.5) is 0 Å². The first-order valence-corrected chi connectivity index (χ1v) is 6.30. The first-order chi connectivity index (χ1) is 6.36. The highest BCUT2D eigenvalue weighted by atomic mass is 35.7. The second-order valence-electron chi connectivity index (χ2n) is 2.71. The lowest BCUT2D eigenvalue weighted by Gasteiger charge is -2.04. The Labute approximate surface area is 92.1 Å². The summed E-state index contributed by atoms with van der Waals surface area (Å²) in [5, 5.41) is 8.70. The molecule has 0 spiro atoms. The van der Waals surface area contributed by atoms with Gasteiger partial charge in [-0.05, 0) is 24.6 Å². The molecule has 3 nitrogen and oxygen atoms in total. The lowest BCUT2D eigenvalue weighted by atomic mass is 10.1. The van der Waals surface area contributed by atoms with Crippen LogP contribution in [0.2, 0.25) is 0 Å². The normalized spacial score (nSPS) is 11.0. The molecular weight excluding hydrogens is 242 g/mol. The van der Waals surface area contributed by atoms with Crippen LogP contribution in [0, 0.1) is 18.3 Å². The van der Waals surface area contributed by atoms with Crippen LogP contribution in [0.1, 0.15) is 11.1 Å². The Morgan fingerprint density at radius 2 is 2.07 bits per heavy atom. The minimum atomic E-state index is -3.84.